The van der Waals surface area contributed by atoms with Gasteiger partial charge in [0.25, 0.3) is 0 Å². The molecule has 1 amide bonds. The molecule has 3 aliphatic rings. The number of nitrogens with zero attached hydrogens (tertiary/aromatic N) is 5. The summed E-state index contributed by atoms with van der Waals surface area (Å²) >= 11 is 0. The summed E-state index contributed by atoms with van der Waals surface area (Å²) < 4.78 is 27.2. The first-order chi connectivity index (χ1) is 16.1. The molecule has 1 aromatic carbocycles. The van der Waals surface area contributed by atoms with E-state index in [2.05, 4.69) is 14.8 Å². The highest BCUT2D eigenvalue weighted by Crippen LogP contribution is 2.26. The zero-order chi connectivity index (χ0) is 22.8. The first-order valence-corrected chi connectivity index (χ1v) is 11.8. The molecule has 0 unspecified atom stereocenters. The van der Waals surface area contributed by atoms with E-state index >= 15 is 0 Å². The number of benzene rings is 1. The maximum Gasteiger partial charge on any atom is 0.246 e. The molecule has 6 nitrogen and oxygen atoms in total. The van der Waals surface area contributed by atoms with Crippen LogP contribution in [0.25, 0.3) is 6.08 Å². The lowest BCUT2D eigenvalue weighted by Gasteiger charge is -2.43. The van der Waals surface area contributed by atoms with Gasteiger partial charge in [-0.25, -0.2) is 18.7 Å². The van der Waals surface area contributed by atoms with E-state index in [9.17, 15) is 13.6 Å². The van der Waals surface area contributed by atoms with Gasteiger partial charge < -0.3 is 9.80 Å². The van der Waals surface area contributed by atoms with Crippen LogP contribution in [0.15, 0.2) is 30.5 Å². The number of aromatic nitrogens is 2. The third-order valence-corrected chi connectivity index (χ3v) is 7.10. The molecule has 2 aromatic rings. The lowest BCUT2D eigenvalue weighted by molar-refractivity contribution is -0.125. The Morgan fingerprint density at radius 1 is 1.03 bits per heavy atom. The van der Waals surface area contributed by atoms with Crippen LogP contribution in [0.3, 0.4) is 0 Å². The first kappa shape index (κ1) is 21.9. The number of carbonyl (C=O) groups excluding carboxylic acids is 1. The van der Waals surface area contributed by atoms with E-state index in [1.54, 1.807) is 4.90 Å². The number of amides is 1. The number of anilines is 1. The fraction of sp³-hybridized carbons (Fsp3) is 0.480. The second-order valence-electron chi connectivity index (χ2n) is 9.05. The minimum Gasteiger partial charge on any atom is -0.338 e. The van der Waals surface area contributed by atoms with Crippen LogP contribution in [-0.4, -0.2) is 71.0 Å². The Balaban J connectivity index is 1.20. The number of rotatable bonds is 4. The van der Waals surface area contributed by atoms with Gasteiger partial charge in [-0.05, 0) is 37.0 Å². The van der Waals surface area contributed by atoms with Gasteiger partial charge in [-0.15, -0.1) is 0 Å². The van der Waals surface area contributed by atoms with Gasteiger partial charge in [0.2, 0.25) is 11.9 Å². The molecule has 33 heavy (non-hydrogen) atoms. The van der Waals surface area contributed by atoms with Crippen molar-refractivity contribution < 1.29 is 13.6 Å². The van der Waals surface area contributed by atoms with Crippen molar-refractivity contribution in [1.82, 2.24) is 19.8 Å². The van der Waals surface area contributed by atoms with Crippen LogP contribution >= 0.6 is 0 Å². The van der Waals surface area contributed by atoms with E-state index in [1.807, 2.05) is 6.20 Å². The zero-order valence-electron chi connectivity index (χ0n) is 18.7. The van der Waals surface area contributed by atoms with Crippen LogP contribution in [0.5, 0.6) is 0 Å². The number of carbonyl (C=O) groups is 1. The topological polar surface area (TPSA) is 52.6 Å². The van der Waals surface area contributed by atoms with Gasteiger partial charge in [0.15, 0.2) is 11.6 Å². The highest BCUT2D eigenvalue weighted by molar-refractivity contribution is 5.91. The highest BCUT2D eigenvalue weighted by atomic mass is 19.2. The Bertz CT molecular complexity index is 1050. The molecule has 1 saturated carbocycles. The Morgan fingerprint density at radius 3 is 2.58 bits per heavy atom. The first-order valence-electron chi connectivity index (χ1n) is 11.8. The van der Waals surface area contributed by atoms with Crippen LogP contribution in [0, 0.1) is 11.6 Å². The number of fused-ring (bicyclic) bond motifs is 1. The predicted molar refractivity (Wildman–Crippen MR) is 123 cm³/mol. The van der Waals surface area contributed by atoms with Crippen molar-refractivity contribution >= 4 is 17.9 Å². The Hall–Kier alpha value is -2.87. The van der Waals surface area contributed by atoms with Gasteiger partial charge in [0.05, 0.1) is 5.69 Å². The highest BCUT2D eigenvalue weighted by Gasteiger charge is 2.29. The number of hydrogen-bond acceptors (Lipinski definition) is 5. The second kappa shape index (κ2) is 9.55. The summed E-state index contributed by atoms with van der Waals surface area (Å²) in [5.74, 6) is -1.30. The maximum atomic E-state index is 13.8. The minimum absolute atomic E-state index is 0.0642. The normalized spacial score (nSPS) is 19.9. The Labute approximate surface area is 192 Å². The van der Waals surface area contributed by atoms with E-state index in [0.717, 1.165) is 55.5 Å². The van der Waals surface area contributed by atoms with Crippen LogP contribution in [0.2, 0.25) is 0 Å². The molecule has 1 aromatic heterocycles. The minimum atomic E-state index is -0.943. The summed E-state index contributed by atoms with van der Waals surface area (Å²) in [4.78, 5) is 28.7. The molecule has 1 saturated heterocycles. The molecule has 0 bridgehead atoms. The zero-order valence-corrected chi connectivity index (χ0v) is 18.7. The van der Waals surface area contributed by atoms with Crippen molar-refractivity contribution in [2.75, 3.05) is 44.2 Å². The monoisotopic (exact) mass is 453 g/mol. The molecule has 3 heterocycles. The van der Waals surface area contributed by atoms with E-state index in [0.29, 0.717) is 25.9 Å². The quantitative estimate of drug-likeness (QED) is 0.666. The summed E-state index contributed by atoms with van der Waals surface area (Å²) in [5, 5.41) is 0. The van der Waals surface area contributed by atoms with E-state index in [4.69, 9.17) is 4.98 Å². The van der Waals surface area contributed by atoms with Crippen LogP contribution < -0.4 is 4.90 Å². The molecule has 0 atom stereocenters. The predicted octanol–water partition coefficient (Wildman–Crippen LogP) is 3.07. The third-order valence-electron chi connectivity index (χ3n) is 7.10. The Morgan fingerprint density at radius 2 is 1.82 bits per heavy atom. The summed E-state index contributed by atoms with van der Waals surface area (Å²) in [7, 11) is 0. The van der Waals surface area contributed by atoms with Crippen molar-refractivity contribution in [2.45, 2.75) is 38.1 Å². The molecule has 1 aliphatic carbocycles. The van der Waals surface area contributed by atoms with Gasteiger partial charge in [-0.1, -0.05) is 18.6 Å². The molecule has 0 spiro atoms. The maximum absolute atomic E-state index is 13.8. The van der Waals surface area contributed by atoms with Crippen LogP contribution in [0.4, 0.5) is 14.7 Å². The van der Waals surface area contributed by atoms with Gasteiger partial charge in [0.1, 0.15) is 0 Å². The molecule has 2 fully saturated rings. The molecule has 5 rings (SSSR count). The second-order valence-corrected chi connectivity index (χ2v) is 9.05. The van der Waals surface area contributed by atoms with Gasteiger partial charge in [-0.3, -0.25) is 9.69 Å². The lowest BCUT2D eigenvalue weighted by atomic mass is 9.91. The SMILES string of the molecule is O=C(C=Cc1cccc(F)c1F)N1CCc2cnc(N3CCN(C4CCC4)CC3)nc2CC1. The molecule has 0 radical (unpaired) electrons. The lowest BCUT2D eigenvalue weighted by Crippen LogP contribution is -2.52. The fourth-order valence-electron chi connectivity index (χ4n) is 4.79. The summed E-state index contributed by atoms with van der Waals surface area (Å²) in [6.07, 6.45) is 9.90. The van der Waals surface area contributed by atoms with E-state index in [-0.39, 0.29) is 11.5 Å². The van der Waals surface area contributed by atoms with Crippen LogP contribution in [0.1, 0.15) is 36.1 Å². The van der Waals surface area contributed by atoms with Crippen LogP contribution in [-0.2, 0) is 17.6 Å². The van der Waals surface area contributed by atoms with Crippen molar-refractivity contribution in [3.63, 3.8) is 0 Å². The average molecular weight is 454 g/mol. The molecule has 174 valence electrons. The smallest absolute Gasteiger partial charge is 0.246 e. The van der Waals surface area contributed by atoms with Crippen molar-refractivity contribution in [1.29, 1.82) is 0 Å². The number of halogens is 2. The molecular formula is C25H29F2N5O. The van der Waals surface area contributed by atoms with E-state index in [1.165, 1.54) is 43.5 Å². The molecular weight excluding hydrogens is 424 g/mol. The van der Waals surface area contributed by atoms with Crippen molar-refractivity contribution in [3.05, 3.63) is 58.9 Å². The van der Waals surface area contributed by atoms with E-state index < -0.39 is 11.6 Å². The van der Waals surface area contributed by atoms with Gasteiger partial charge >= 0.3 is 0 Å². The summed E-state index contributed by atoms with van der Waals surface area (Å²) in [6, 6.07) is 4.71. The van der Waals surface area contributed by atoms with Gasteiger partial charge in [-0.2, -0.15) is 0 Å². The number of hydrogen-bond donors (Lipinski definition) is 0. The Kier molecular flexibility index (Phi) is 6.35. The summed E-state index contributed by atoms with van der Waals surface area (Å²) in [6.45, 7) is 5.10. The van der Waals surface area contributed by atoms with Gasteiger partial charge in [0, 0.05) is 69.6 Å². The third kappa shape index (κ3) is 4.76. The molecule has 0 N–H and O–H groups in total. The van der Waals surface area contributed by atoms with Crippen molar-refractivity contribution in [2.24, 2.45) is 0 Å². The molecule has 2 aliphatic heterocycles. The largest absolute Gasteiger partial charge is 0.338 e. The average Bonchev–Trinajstić information content (AvgIpc) is 3.01. The summed E-state index contributed by atoms with van der Waals surface area (Å²) in [5.41, 5.74) is 2.13. The standard InChI is InChI=1S/C25H29F2N5O/c26-21-6-1-3-18(24(21)27)7-8-23(33)31-11-9-19-17-28-25(29-22(19)10-12-31)32-15-13-30(14-16-32)20-4-2-5-20/h1,3,6-8,17,20H,2,4-5,9-16H2. The molecule has 8 heteroatoms. The number of piperazine rings is 1. The fourth-order valence-corrected chi connectivity index (χ4v) is 4.79. The van der Waals surface area contributed by atoms with Crippen molar-refractivity contribution in [3.8, 4) is 0 Å².